The van der Waals surface area contributed by atoms with Gasteiger partial charge in [-0.3, -0.25) is 20.3 Å². The maximum atomic E-state index is 12.6. The molecule has 0 aliphatic carbocycles. The fraction of sp³-hybridized carbons (Fsp3) is 0.263. The number of carbonyl (C=O) groups is 2. The molecule has 29 heavy (non-hydrogen) atoms. The second-order valence-corrected chi connectivity index (χ2v) is 8.61. The minimum absolute atomic E-state index is 0.270. The van der Waals surface area contributed by atoms with Gasteiger partial charge >= 0.3 is 6.03 Å². The van der Waals surface area contributed by atoms with E-state index in [-0.39, 0.29) is 12.5 Å². The van der Waals surface area contributed by atoms with Crippen LogP contribution in [-0.2, 0) is 27.7 Å². The fourth-order valence-electron chi connectivity index (χ4n) is 3.09. The van der Waals surface area contributed by atoms with Crippen LogP contribution in [0.25, 0.3) is 0 Å². The number of nitrogen functional groups attached to an aromatic ring is 1. The van der Waals surface area contributed by atoms with Crippen LogP contribution in [0.5, 0.6) is 0 Å². The molecule has 9 nitrogen and oxygen atoms in total. The summed E-state index contributed by atoms with van der Waals surface area (Å²) in [5, 5.41) is 2.71. The highest BCUT2D eigenvalue weighted by atomic mass is 32.2. The summed E-state index contributed by atoms with van der Waals surface area (Å²) in [7, 11) is -3.35. The molecular weight excluding hydrogens is 394 g/mol. The van der Waals surface area contributed by atoms with Crippen molar-refractivity contribution in [2.75, 3.05) is 22.9 Å². The molecule has 0 bridgehead atoms. The lowest BCUT2D eigenvalue weighted by atomic mass is 10.1. The van der Waals surface area contributed by atoms with Gasteiger partial charge < -0.3 is 10.7 Å². The van der Waals surface area contributed by atoms with E-state index in [9.17, 15) is 18.0 Å². The fourth-order valence-corrected chi connectivity index (χ4v) is 3.66. The second-order valence-electron chi connectivity index (χ2n) is 6.86. The quantitative estimate of drug-likeness (QED) is 0.288. The summed E-state index contributed by atoms with van der Waals surface area (Å²) in [4.78, 5) is 26.1. The zero-order valence-electron chi connectivity index (χ0n) is 15.9. The predicted octanol–water partition coefficient (Wildman–Crippen LogP) is 1.05. The molecule has 2 aromatic rings. The van der Waals surface area contributed by atoms with Crippen LogP contribution in [0.3, 0.4) is 0 Å². The lowest BCUT2D eigenvalue weighted by molar-refractivity contribution is -0.127. The first kappa shape index (κ1) is 20.6. The van der Waals surface area contributed by atoms with Crippen molar-refractivity contribution < 1.29 is 18.0 Å². The van der Waals surface area contributed by atoms with Crippen molar-refractivity contribution in [3.8, 4) is 0 Å². The van der Waals surface area contributed by atoms with Crippen molar-refractivity contribution in [3.63, 3.8) is 0 Å². The second kappa shape index (κ2) is 8.50. The van der Waals surface area contributed by atoms with E-state index in [1.165, 1.54) is 4.90 Å². The number of imide groups is 1. The van der Waals surface area contributed by atoms with Gasteiger partial charge in [0.15, 0.2) is 0 Å². The molecule has 154 valence electrons. The molecule has 3 amide bonds. The minimum atomic E-state index is -3.35. The molecule has 3 rings (SSSR count). The van der Waals surface area contributed by atoms with E-state index in [1.807, 2.05) is 24.3 Å². The number of urea groups is 1. The number of hydrazine groups is 1. The van der Waals surface area contributed by atoms with E-state index in [2.05, 4.69) is 15.5 Å². The smallest absolute Gasteiger partial charge is 0.324 e. The summed E-state index contributed by atoms with van der Waals surface area (Å²) in [6, 6.07) is 13.1. The minimum Gasteiger partial charge on any atom is -0.325 e. The number of hydrogen-bond acceptors (Lipinski definition) is 6. The Morgan fingerprint density at radius 3 is 2.17 bits per heavy atom. The molecule has 1 aliphatic rings. The van der Waals surface area contributed by atoms with Crippen LogP contribution in [0.2, 0.25) is 0 Å². The number of sulfonamides is 1. The average molecular weight is 417 g/mol. The molecule has 0 radical (unpaired) electrons. The lowest BCUT2D eigenvalue weighted by Gasteiger charge is -2.13. The van der Waals surface area contributed by atoms with E-state index in [4.69, 9.17) is 5.84 Å². The monoisotopic (exact) mass is 417 g/mol. The maximum Gasteiger partial charge on any atom is 0.324 e. The van der Waals surface area contributed by atoms with Crippen molar-refractivity contribution in [3.05, 3.63) is 59.7 Å². The van der Waals surface area contributed by atoms with Crippen molar-refractivity contribution in [1.82, 2.24) is 10.2 Å². The van der Waals surface area contributed by atoms with Crippen LogP contribution in [0, 0.1) is 0 Å². The number of nitrogens with one attached hydrogen (secondary N) is 3. The van der Waals surface area contributed by atoms with Crippen LogP contribution >= 0.6 is 0 Å². The number of amides is 3. The Kier molecular flexibility index (Phi) is 6.04. The summed E-state index contributed by atoms with van der Waals surface area (Å²) in [6.45, 7) is 0.286. The SMILES string of the molecule is CS(=O)(=O)Nc1ccc(C[C@@H]2NC(=O)N(CCc3ccc(NN)cc3)C2=O)cc1. The van der Waals surface area contributed by atoms with Crippen LogP contribution in [0.4, 0.5) is 16.2 Å². The van der Waals surface area contributed by atoms with Gasteiger partial charge in [0.2, 0.25) is 10.0 Å². The number of carbonyl (C=O) groups excluding carboxylic acids is 2. The molecule has 5 N–H and O–H groups in total. The molecular formula is C19H23N5O4S. The average Bonchev–Trinajstić information content (AvgIpc) is 2.94. The van der Waals surface area contributed by atoms with Crippen molar-refractivity contribution >= 4 is 33.3 Å². The highest BCUT2D eigenvalue weighted by molar-refractivity contribution is 7.92. The Morgan fingerprint density at radius 2 is 1.59 bits per heavy atom. The van der Waals surface area contributed by atoms with E-state index < -0.39 is 22.1 Å². The number of hydrogen-bond donors (Lipinski definition) is 4. The van der Waals surface area contributed by atoms with E-state index in [0.29, 0.717) is 18.5 Å². The van der Waals surface area contributed by atoms with Crippen LogP contribution in [-0.4, -0.2) is 44.1 Å². The van der Waals surface area contributed by atoms with Crippen LogP contribution in [0.1, 0.15) is 11.1 Å². The summed E-state index contributed by atoms with van der Waals surface area (Å²) in [5.74, 6) is 5.07. The van der Waals surface area contributed by atoms with Crippen molar-refractivity contribution in [2.45, 2.75) is 18.9 Å². The van der Waals surface area contributed by atoms with E-state index >= 15 is 0 Å². The number of rotatable bonds is 8. The summed E-state index contributed by atoms with van der Waals surface area (Å²) < 4.78 is 24.9. The third-order valence-corrected chi connectivity index (χ3v) is 5.16. The molecule has 1 saturated heterocycles. The van der Waals surface area contributed by atoms with E-state index in [1.54, 1.807) is 24.3 Å². The molecule has 1 atom stereocenters. The Balaban J connectivity index is 1.58. The largest absolute Gasteiger partial charge is 0.325 e. The van der Waals surface area contributed by atoms with Gasteiger partial charge in [-0.15, -0.1) is 0 Å². The summed E-state index contributed by atoms with van der Waals surface area (Å²) in [6.07, 6.45) is 1.95. The van der Waals surface area contributed by atoms with Gasteiger partial charge in [0.25, 0.3) is 5.91 Å². The predicted molar refractivity (Wildman–Crippen MR) is 111 cm³/mol. The lowest BCUT2D eigenvalue weighted by Crippen LogP contribution is -2.33. The van der Waals surface area contributed by atoms with Crippen LogP contribution in [0.15, 0.2) is 48.5 Å². The zero-order chi connectivity index (χ0) is 21.0. The normalized spacial score (nSPS) is 16.6. The molecule has 1 aliphatic heterocycles. The van der Waals surface area contributed by atoms with Gasteiger partial charge in [0.05, 0.1) is 6.26 Å². The first-order chi connectivity index (χ1) is 13.7. The Labute approximate surface area is 169 Å². The highest BCUT2D eigenvalue weighted by Gasteiger charge is 2.37. The standard InChI is InChI=1S/C19H23N5O4S/c1-29(27,28)23-16-8-4-14(5-9-16)12-17-18(25)24(19(26)21-17)11-10-13-2-6-15(22-20)7-3-13/h2-9,17,22-23H,10-12,20H2,1H3,(H,21,26)/t17-/m0/s1. The Morgan fingerprint density at radius 1 is 1.00 bits per heavy atom. The van der Waals surface area contributed by atoms with Gasteiger partial charge in [0, 0.05) is 24.3 Å². The highest BCUT2D eigenvalue weighted by Crippen LogP contribution is 2.17. The molecule has 10 heteroatoms. The first-order valence-corrected chi connectivity index (χ1v) is 10.9. The first-order valence-electron chi connectivity index (χ1n) is 8.99. The number of benzene rings is 2. The van der Waals surface area contributed by atoms with Gasteiger partial charge in [-0.25, -0.2) is 13.2 Å². The molecule has 0 unspecified atom stereocenters. The molecule has 1 heterocycles. The van der Waals surface area contributed by atoms with Crippen molar-refractivity contribution in [1.29, 1.82) is 0 Å². The Hall–Kier alpha value is -3.11. The summed E-state index contributed by atoms with van der Waals surface area (Å²) in [5.41, 5.74) is 5.57. The number of nitrogens with two attached hydrogens (primary N) is 1. The molecule has 1 fully saturated rings. The maximum absolute atomic E-state index is 12.6. The number of nitrogens with zero attached hydrogens (tertiary/aromatic N) is 1. The zero-order valence-corrected chi connectivity index (χ0v) is 16.7. The summed E-state index contributed by atoms with van der Waals surface area (Å²) >= 11 is 0. The van der Waals surface area contributed by atoms with Crippen LogP contribution < -0.4 is 21.3 Å². The Bertz CT molecular complexity index is 990. The third kappa shape index (κ3) is 5.46. The molecule has 0 spiro atoms. The molecule has 0 aromatic heterocycles. The van der Waals surface area contributed by atoms with Crippen molar-refractivity contribution in [2.24, 2.45) is 5.84 Å². The van der Waals surface area contributed by atoms with E-state index in [0.717, 1.165) is 23.1 Å². The van der Waals surface area contributed by atoms with Gasteiger partial charge in [-0.2, -0.15) is 0 Å². The number of anilines is 2. The molecule has 0 saturated carbocycles. The molecule has 2 aromatic carbocycles. The van der Waals surface area contributed by atoms with Gasteiger partial charge in [-0.05, 0) is 41.8 Å². The topological polar surface area (TPSA) is 134 Å². The third-order valence-electron chi connectivity index (χ3n) is 4.55. The van der Waals surface area contributed by atoms with Gasteiger partial charge in [0.1, 0.15) is 6.04 Å². The van der Waals surface area contributed by atoms with Gasteiger partial charge in [-0.1, -0.05) is 24.3 Å².